The summed E-state index contributed by atoms with van der Waals surface area (Å²) in [4.78, 5) is 9.57. The van der Waals surface area contributed by atoms with E-state index in [9.17, 15) is 0 Å². The number of carbonyl (C=O) groups excluding carboxylic acids is 1. The zero-order chi connectivity index (χ0) is 15.1. The van der Waals surface area contributed by atoms with Crippen molar-refractivity contribution in [3.05, 3.63) is 36.4 Å². The second kappa shape index (κ2) is 14.8. The minimum atomic E-state index is 0.250. The monoisotopic (exact) mass is 284 g/mol. The van der Waals surface area contributed by atoms with Crippen molar-refractivity contribution in [3.63, 3.8) is 0 Å². The number of likely N-dealkylation sites (N-methyl/N-ethyl adjacent to an activating group) is 1. The SMILES string of the molecule is C=C(C)c1ccc(S)cc1.CNCCOC.NC=O. The highest BCUT2D eigenvalue weighted by Gasteiger charge is 1.89. The first-order chi connectivity index (χ1) is 9.03. The molecule has 0 unspecified atom stereocenters. The highest BCUT2D eigenvalue weighted by molar-refractivity contribution is 7.80. The Morgan fingerprint density at radius 2 is 1.95 bits per heavy atom. The first-order valence-corrected chi connectivity index (χ1v) is 6.22. The van der Waals surface area contributed by atoms with Crippen LogP contribution < -0.4 is 11.1 Å². The third kappa shape index (κ3) is 14.6. The molecule has 3 N–H and O–H groups in total. The van der Waals surface area contributed by atoms with Crippen molar-refractivity contribution in [2.45, 2.75) is 11.8 Å². The number of benzene rings is 1. The van der Waals surface area contributed by atoms with Crippen LogP contribution in [0.15, 0.2) is 35.7 Å². The lowest BCUT2D eigenvalue weighted by Crippen LogP contribution is -2.12. The van der Waals surface area contributed by atoms with Gasteiger partial charge in [0.2, 0.25) is 6.41 Å². The zero-order valence-electron chi connectivity index (χ0n) is 11.8. The van der Waals surface area contributed by atoms with E-state index in [1.54, 1.807) is 7.11 Å². The van der Waals surface area contributed by atoms with Gasteiger partial charge in [-0.1, -0.05) is 24.3 Å². The summed E-state index contributed by atoms with van der Waals surface area (Å²) in [6.07, 6.45) is 0.250. The lowest BCUT2D eigenvalue weighted by molar-refractivity contribution is -0.106. The molecular weight excluding hydrogens is 260 g/mol. The van der Waals surface area contributed by atoms with Crippen LogP contribution in [-0.2, 0) is 9.53 Å². The van der Waals surface area contributed by atoms with E-state index in [2.05, 4.69) is 30.3 Å². The molecule has 0 aliphatic heterocycles. The van der Waals surface area contributed by atoms with Crippen molar-refractivity contribution in [1.29, 1.82) is 0 Å². The van der Waals surface area contributed by atoms with Crippen LogP contribution >= 0.6 is 12.6 Å². The van der Waals surface area contributed by atoms with Gasteiger partial charge >= 0.3 is 0 Å². The maximum Gasteiger partial charge on any atom is 0.204 e. The molecule has 19 heavy (non-hydrogen) atoms. The predicted molar refractivity (Wildman–Crippen MR) is 84.5 cm³/mol. The molecule has 1 aromatic rings. The van der Waals surface area contributed by atoms with Crippen molar-refractivity contribution >= 4 is 24.6 Å². The average molecular weight is 284 g/mol. The fraction of sp³-hybridized carbons (Fsp3) is 0.357. The molecule has 4 nitrogen and oxygen atoms in total. The number of rotatable bonds is 4. The number of allylic oxidation sites excluding steroid dienone is 1. The number of thiol groups is 1. The number of hydrogen-bond donors (Lipinski definition) is 3. The molecule has 0 spiro atoms. The number of primary amides is 1. The number of nitrogens with two attached hydrogens (primary N) is 1. The number of hydrogen-bond acceptors (Lipinski definition) is 4. The highest BCUT2D eigenvalue weighted by atomic mass is 32.1. The van der Waals surface area contributed by atoms with Gasteiger partial charge in [0.25, 0.3) is 0 Å². The average Bonchev–Trinajstić information content (AvgIpc) is 2.38. The fourth-order valence-corrected chi connectivity index (χ4v) is 1.10. The Hall–Kier alpha value is -1.30. The largest absolute Gasteiger partial charge is 0.383 e. The maximum atomic E-state index is 8.58. The van der Waals surface area contributed by atoms with Crippen molar-refractivity contribution < 1.29 is 9.53 Å². The molecule has 0 aliphatic carbocycles. The van der Waals surface area contributed by atoms with Crippen molar-refractivity contribution in [2.24, 2.45) is 5.73 Å². The molecule has 0 aromatic heterocycles. The Kier molecular flexibility index (Phi) is 15.6. The summed E-state index contributed by atoms with van der Waals surface area (Å²) in [5.41, 5.74) is 6.44. The standard InChI is InChI=1S/C9H10S.C4H11NO.CH3NO/c1-7(2)8-3-5-9(10)6-4-8;1-5-3-4-6-2;2-1-3/h3-6,10H,1H2,2H3;5H,3-4H2,1-2H3;1H,(H2,2,3). The molecule has 1 rings (SSSR count). The first kappa shape index (κ1) is 20.0. The van der Waals surface area contributed by atoms with Crippen molar-refractivity contribution in [1.82, 2.24) is 5.32 Å². The van der Waals surface area contributed by atoms with Gasteiger partial charge in [0.15, 0.2) is 0 Å². The molecule has 0 atom stereocenters. The molecule has 0 saturated carbocycles. The van der Waals surface area contributed by atoms with E-state index < -0.39 is 0 Å². The molecule has 0 heterocycles. The predicted octanol–water partition coefficient (Wildman–Crippen LogP) is 1.96. The van der Waals surface area contributed by atoms with Gasteiger partial charge in [-0.15, -0.1) is 12.6 Å². The van der Waals surface area contributed by atoms with E-state index in [1.165, 1.54) is 5.56 Å². The number of ether oxygens (including phenoxy) is 1. The Bertz CT molecular complexity index is 336. The number of amides is 1. The van der Waals surface area contributed by atoms with Gasteiger partial charge in [-0.25, -0.2) is 0 Å². The van der Waals surface area contributed by atoms with E-state index in [1.807, 2.05) is 38.2 Å². The third-order valence-electron chi connectivity index (χ3n) is 1.92. The quantitative estimate of drug-likeness (QED) is 0.450. The van der Waals surface area contributed by atoms with E-state index >= 15 is 0 Å². The van der Waals surface area contributed by atoms with Gasteiger partial charge in [-0.2, -0.15) is 0 Å². The normalized spacial score (nSPS) is 8.42. The molecule has 0 aliphatic rings. The summed E-state index contributed by atoms with van der Waals surface area (Å²) in [5, 5.41) is 2.94. The van der Waals surface area contributed by atoms with Crippen LogP contribution in [0.25, 0.3) is 5.57 Å². The number of methoxy groups -OCH3 is 1. The van der Waals surface area contributed by atoms with E-state index in [-0.39, 0.29) is 6.41 Å². The molecule has 108 valence electrons. The van der Waals surface area contributed by atoms with Crippen LogP contribution in [0.2, 0.25) is 0 Å². The van der Waals surface area contributed by atoms with Gasteiger partial charge in [0, 0.05) is 18.6 Å². The lowest BCUT2D eigenvalue weighted by Gasteiger charge is -1.97. The Morgan fingerprint density at radius 1 is 1.47 bits per heavy atom. The lowest BCUT2D eigenvalue weighted by atomic mass is 10.1. The number of carbonyl (C=O) groups is 1. The smallest absolute Gasteiger partial charge is 0.204 e. The summed E-state index contributed by atoms with van der Waals surface area (Å²) in [5.74, 6) is 0. The van der Waals surface area contributed by atoms with Gasteiger partial charge in [-0.3, -0.25) is 4.79 Å². The van der Waals surface area contributed by atoms with Gasteiger partial charge in [-0.05, 0) is 31.7 Å². The first-order valence-electron chi connectivity index (χ1n) is 5.77. The van der Waals surface area contributed by atoms with E-state index in [0.29, 0.717) is 0 Å². The molecule has 5 heteroatoms. The topological polar surface area (TPSA) is 64.3 Å². The molecule has 0 fully saturated rings. The summed E-state index contributed by atoms with van der Waals surface area (Å²) in [6.45, 7) is 7.57. The van der Waals surface area contributed by atoms with Crippen LogP contribution in [0.5, 0.6) is 0 Å². The molecule has 1 amide bonds. The minimum absolute atomic E-state index is 0.250. The van der Waals surface area contributed by atoms with Gasteiger partial charge in [0.1, 0.15) is 0 Å². The van der Waals surface area contributed by atoms with Crippen LogP contribution in [0.3, 0.4) is 0 Å². The van der Waals surface area contributed by atoms with E-state index in [4.69, 9.17) is 9.53 Å². The Labute approximate surface area is 121 Å². The summed E-state index contributed by atoms with van der Waals surface area (Å²) < 4.78 is 4.72. The fourth-order valence-electron chi connectivity index (χ4n) is 0.950. The summed E-state index contributed by atoms with van der Waals surface area (Å²) in [7, 11) is 3.59. The van der Waals surface area contributed by atoms with Crippen molar-refractivity contribution in [3.8, 4) is 0 Å². The second-order valence-electron chi connectivity index (χ2n) is 3.56. The minimum Gasteiger partial charge on any atom is -0.383 e. The summed E-state index contributed by atoms with van der Waals surface area (Å²) in [6, 6.07) is 7.97. The van der Waals surface area contributed by atoms with Crippen LogP contribution in [-0.4, -0.2) is 33.7 Å². The molecule has 0 bridgehead atoms. The summed E-state index contributed by atoms with van der Waals surface area (Å²) >= 11 is 4.17. The van der Waals surface area contributed by atoms with E-state index in [0.717, 1.165) is 23.6 Å². The zero-order valence-corrected chi connectivity index (χ0v) is 12.7. The number of nitrogens with one attached hydrogen (secondary N) is 1. The molecule has 1 aromatic carbocycles. The van der Waals surface area contributed by atoms with Crippen LogP contribution in [0.1, 0.15) is 12.5 Å². The molecule has 0 radical (unpaired) electrons. The van der Waals surface area contributed by atoms with Crippen LogP contribution in [0, 0.1) is 0 Å². The molecular formula is C14H24N2O2S. The van der Waals surface area contributed by atoms with Crippen LogP contribution in [0.4, 0.5) is 0 Å². The Balaban J connectivity index is 0. The molecule has 0 saturated heterocycles. The maximum absolute atomic E-state index is 8.58. The van der Waals surface area contributed by atoms with Crippen molar-refractivity contribution in [2.75, 3.05) is 27.3 Å². The third-order valence-corrected chi connectivity index (χ3v) is 2.21. The Morgan fingerprint density at radius 3 is 2.21 bits per heavy atom. The second-order valence-corrected chi connectivity index (χ2v) is 4.08. The highest BCUT2D eigenvalue weighted by Crippen LogP contribution is 2.13. The van der Waals surface area contributed by atoms with Gasteiger partial charge < -0.3 is 15.8 Å². The van der Waals surface area contributed by atoms with Gasteiger partial charge in [0.05, 0.1) is 6.61 Å².